The Morgan fingerprint density at radius 2 is 2.32 bits per heavy atom. The van der Waals surface area contributed by atoms with Gasteiger partial charge >= 0.3 is 0 Å². The first-order chi connectivity index (χ1) is 9.19. The van der Waals surface area contributed by atoms with Crippen molar-refractivity contribution in [1.82, 2.24) is 19.2 Å². The van der Waals surface area contributed by atoms with Gasteiger partial charge in [0.15, 0.2) is 10.7 Å². The zero-order chi connectivity index (χ0) is 13.4. The maximum absolute atomic E-state index is 9.44. The molecule has 100 valence electrons. The minimum absolute atomic E-state index is 0.119. The quantitative estimate of drug-likeness (QED) is 0.796. The minimum Gasteiger partial charge on any atom is -0.434 e. The summed E-state index contributed by atoms with van der Waals surface area (Å²) >= 11 is 1.50. The van der Waals surface area contributed by atoms with Gasteiger partial charge in [0.1, 0.15) is 5.69 Å². The van der Waals surface area contributed by atoms with Gasteiger partial charge in [-0.1, -0.05) is 0 Å². The maximum atomic E-state index is 9.44. The third-order valence-electron chi connectivity index (χ3n) is 2.80. The molecular formula is C12H14N4O2S. The van der Waals surface area contributed by atoms with E-state index >= 15 is 0 Å². The van der Waals surface area contributed by atoms with Crippen molar-refractivity contribution < 1.29 is 9.84 Å². The molecule has 19 heavy (non-hydrogen) atoms. The van der Waals surface area contributed by atoms with Crippen molar-refractivity contribution in [2.45, 2.75) is 26.5 Å². The first-order valence-corrected chi connectivity index (χ1v) is 6.84. The van der Waals surface area contributed by atoms with Crippen LogP contribution in [0.2, 0.25) is 0 Å². The average molecular weight is 278 g/mol. The number of aliphatic hydroxyl groups is 1. The molecule has 3 heterocycles. The molecule has 0 radical (unpaired) electrons. The van der Waals surface area contributed by atoms with Crippen molar-refractivity contribution in [3.63, 3.8) is 0 Å². The van der Waals surface area contributed by atoms with Crippen LogP contribution < -0.4 is 4.74 Å². The van der Waals surface area contributed by atoms with Gasteiger partial charge in [-0.05, 0) is 13.8 Å². The monoisotopic (exact) mass is 278 g/mol. The lowest BCUT2D eigenvalue weighted by molar-refractivity contribution is 0.270. The van der Waals surface area contributed by atoms with Gasteiger partial charge in [0.05, 0.1) is 19.0 Å². The molecule has 6 nitrogen and oxygen atoms in total. The summed E-state index contributed by atoms with van der Waals surface area (Å²) < 4.78 is 9.34. The highest BCUT2D eigenvalue weighted by Gasteiger charge is 2.15. The second-order valence-corrected chi connectivity index (χ2v) is 5.30. The summed E-state index contributed by atoms with van der Waals surface area (Å²) in [6.07, 6.45) is 5.33. The summed E-state index contributed by atoms with van der Waals surface area (Å²) in [5, 5.41) is 15.6. The molecule has 3 aromatic rings. The second kappa shape index (κ2) is 4.67. The van der Waals surface area contributed by atoms with Crippen LogP contribution in [-0.4, -0.2) is 24.3 Å². The van der Waals surface area contributed by atoms with E-state index in [2.05, 4.69) is 10.1 Å². The van der Waals surface area contributed by atoms with Gasteiger partial charge in [0, 0.05) is 17.6 Å². The predicted octanol–water partition coefficient (Wildman–Crippen LogP) is 2.46. The average Bonchev–Trinajstić information content (AvgIpc) is 3.04. The van der Waals surface area contributed by atoms with Crippen molar-refractivity contribution in [3.8, 4) is 11.6 Å². The summed E-state index contributed by atoms with van der Waals surface area (Å²) in [7, 11) is 0. The molecule has 0 aliphatic rings. The lowest BCUT2D eigenvalue weighted by atomic mass is 10.4. The zero-order valence-electron chi connectivity index (χ0n) is 10.6. The number of aliphatic hydroxyl groups excluding tert-OH is 1. The number of imidazole rings is 1. The van der Waals surface area contributed by atoms with Gasteiger partial charge in [-0.15, -0.1) is 11.3 Å². The highest BCUT2D eigenvalue weighted by molar-refractivity contribution is 7.15. The Kier molecular flexibility index (Phi) is 3.00. The van der Waals surface area contributed by atoms with E-state index in [9.17, 15) is 5.11 Å². The first-order valence-electron chi connectivity index (χ1n) is 5.96. The van der Waals surface area contributed by atoms with E-state index in [1.54, 1.807) is 6.20 Å². The number of thiazole rings is 1. The van der Waals surface area contributed by atoms with Crippen LogP contribution in [0.4, 0.5) is 0 Å². The molecule has 0 spiro atoms. The highest BCUT2D eigenvalue weighted by atomic mass is 32.1. The van der Waals surface area contributed by atoms with Crippen molar-refractivity contribution in [3.05, 3.63) is 29.7 Å². The van der Waals surface area contributed by atoms with Crippen LogP contribution >= 0.6 is 11.3 Å². The number of hydrogen-bond acceptors (Lipinski definition) is 5. The molecule has 0 atom stereocenters. The zero-order valence-corrected chi connectivity index (χ0v) is 11.5. The van der Waals surface area contributed by atoms with Crippen molar-refractivity contribution >= 4 is 16.3 Å². The van der Waals surface area contributed by atoms with Crippen LogP contribution in [0.1, 0.15) is 25.6 Å². The number of ether oxygens (including phenoxy) is 1. The standard InChI is InChI=1S/C12H14N4O2S/c1-8(2)16-6-9(5-13-16)18-11-10(7-17)15-3-4-19-12(15)14-11/h3-6,8,17H,7H2,1-2H3. The summed E-state index contributed by atoms with van der Waals surface area (Å²) in [4.78, 5) is 5.16. The largest absolute Gasteiger partial charge is 0.434 e. The van der Waals surface area contributed by atoms with Crippen LogP contribution in [0, 0.1) is 0 Å². The number of fused-ring (bicyclic) bond motifs is 1. The number of aromatic nitrogens is 4. The topological polar surface area (TPSA) is 64.6 Å². The van der Waals surface area contributed by atoms with E-state index in [1.807, 2.05) is 40.7 Å². The van der Waals surface area contributed by atoms with E-state index in [0.29, 0.717) is 17.3 Å². The molecule has 0 aromatic carbocycles. The summed E-state index contributed by atoms with van der Waals surface area (Å²) in [6.45, 7) is 3.97. The lowest BCUT2D eigenvalue weighted by Crippen LogP contribution is -1.99. The summed E-state index contributed by atoms with van der Waals surface area (Å²) in [5.74, 6) is 1.05. The Morgan fingerprint density at radius 1 is 1.47 bits per heavy atom. The van der Waals surface area contributed by atoms with Gasteiger partial charge in [-0.25, -0.2) is 0 Å². The molecule has 3 rings (SSSR count). The van der Waals surface area contributed by atoms with E-state index in [0.717, 1.165) is 4.96 Å². The molecule has 3 aromatic heterocycles. The Bertz CT molecular complexity index is 698. The molecule has 1 N–H and O–H groups in total. The fourth-order valence-electron chi connectivity index (χ4n) is 1.81. The molecule has 0 unspecified atom stereocenters. The number of nitrogens with zero attached hydrogens (tertiary/aromatic N) is 4. The highest BCUT2D eigenvalue weighted by Crippen LogP contribution is 2.28. The van der Waals surface area contributed by atoms with Gasteiger partial charge in [0.25, 0.3) is 0 Å². The molecule has 7 heteroatoms. The molecule has 0 amide bonds. The Hall–Kier alpha value is -1.86. The van der Waals surface area contributed by atoms with E-state index in [4.69, 9.17) is 4.74 Å². The fraction of sp³-hybridized carbons (Fsp3) is 0.333. The minimum atomic E-state index is -0.119. The Balaban J connectivity index is 1.93. The van der Waals surface area contributed by atoms with Gasteiger partial charge in [-0.3, -0.25) is 9.08 Å². The molecule has 0 aliphatic carbocycles. The van der Waals surface area contributed by atoms with E-state index in [-0.39, 0.29) is 12.6 Å². The first kappa shape index (κ1) is 12.2. The van der Waals surface area contributed by atoms with Crippen molar-refractivity contribution in [2.24, 2.45) is 0 Å². The van der Waals surface area contributed by atoms with Crippen LogP contribution in [0.25, 0.3) is 4.96 Å². The summed E-state index contributed by atoms with van der Waals surface area (Å²) in [6, 6.07) is 0.278. The SMILES string of the molecule is CC(C)n1cc(Oc2nc3sccn3c2CO)cn1. The molecule has 0 saturated heterocycles. The normalized spacial score (nSPS) is 11.6. The predicted molar refractivity (Wildman–Crippen MR) is 71.7 cm³/mol. The molecule has 0 saturated carbocycles. The third kappa shape index (κ3) is 2.11. The number of rotatable bonds is 4. The molecule has 0 fully saturated rings. The van der Waals surface area contributed by atoms with Crippen LogP contribution in [-0.2, 0) is 6.61 Å². The molecule has 0 bridgehead atoms. The van der Waals surface area contributed by atoms with E-state index in [1.165, 1.54) is 11.3 Å². The number of hydrogen-bond donors (Lipinski definition) is 1. The Morgan fingerprint density at radius 3 is 3.00 bits per heavy atom. The Labute approximate surface area is 113 Å². The van der Waals surface area contributed by atoms with Crippen LogP contribution in [0.5, 0.6) is 11.6 Å². The van der Waals surface area contributed by atoms with Crippen LogP contribution in [0.15, 0.2) is 24.0 Å². The molecule has 0 aliphatic heterocycles. The van der Waals surface area contributed by atoms with Crippen molar-refractivity contribution in [1.29, 1.82) is 0 Å². The van der Waals surface area contributed by atoms with E-state index < -0.39 is 0 Å². The third-order valence-corrected chi connectivity index (χ3v) is 3.55. The smallest absolute Gasteiger partial charge is 0.244 e. The van der Waals surface area contributed by atoms with Crippen molar-refractivity contribution in [2.75, 3.05) is 0 Å². The fourth-order valence-corrected chi connectivity index (χ4v) is 2.53. The second-order valence-electron chi connectivity index (χ2n) is 4.43. The lowest BCUT2D eigenvalue weighted by Gasteiger charge is -2.03. The van der Waals surface area contributed by atoms with Gasteiger partial charge in [-0.2, -0.15) is 10.1 Å². The van der Waals surface area contributed by atoms with Crippen LogP contribution in [0.3, 0.4) is 0 Å². The van der Waals surface area contributed by atoms with Gasteiger partial charge < -0.3 is 9.84 Å². The summed E-state index contributed by atoms with van der Waals surface area (Å²) in [5.41, 5.74) is 0.647. The molecular weight excluding hydrogens is 264 g/mol. The maximum Gasteiger partial charge on any atom is 0.244 e. The van der Waals surface area contributed by atoms with Gasteiger partial charge in [0.2, 0.25) is 5.88 Å².